The van der Waals surface area contributed by atoms with Gasteiger partial charge in [-0.25, -0.2) is 0 Å². The van der Waals surface area contributed by atoms with Crippen molar-refractivity contribution < 1.29 is 4.74 Å². The lowest BCUT2D eigenvalue weighted by molar-refractivity contribution is 0.0613. The summed E-state index contributed by atoms with van der Waals surface area (Å²) < 4.78 is 5.42. The Bertz CT molecular complexity index is 204. The largest absolute Gasteiger partial charge is 0.381 e. The first kappa shape index (κ1) is 12.7. The molecule has 2 saturated carbocycles. The molecule has 0 aromatic heterocycles. The molecule has 0 amide bonds. The highest BCUT2D eigenvalue weighted by Gasteiger charge is 2.29. The minimum Gasteiger partial charge on any atom is -0.381 e. The van der Waals surface area contributed by atoms with Gasteiger partial charge in [-0.3, -0.25) is 0 Å². The van der Waals surface area contributed by atoms with Crippen molar-refractivity contribution in [2.45, 2.75) is 68.4 Å². The quantitative estimate of drug-likeness (QED) is 0.820. The van der Waals surface area contributed by atoms with Crippen LogP contribution in [0.1, 0.15) is 44.9 Å². The lowest BCUT2D eigenvalue weighted by Crippen LogP contribution is -2.44. The zero-order valence-electron chi connectivity index (χ0n) is 10.6. The second kappa shape index (κ2) is 6.27. The molecule has 0 saturated heterocycles. The predicted molar refractivity (Wildman–Crippen MR) is 71.1 cm³/mol. The molecule has 2 aliphatic carbocycles. The number of hydrogen-bond donors (Lipinski definition) is 1. The van der Waals surface area contributed by atoms with E-state index in [4.69, 9.17) is 4.74 Å². The second-order valence-corrected chi connectivity index (χ2v) is 6.26. The fourth-order valence-corrected chi connectivity index (χ4v) is 4.11. The standard InChI is InChI=1S/C13H25NOS/c1-15-11-8-6-10(7-9-11)14-12-4-3-5-13(12)16-2/h10-14H,3-9H2,1-2H3. The summed E-state index contributed by atoms with van der Waals surface area (Å²) in [7, 11) is 1.85. The van der Waals surface area contributed by atoms with Gasteiger partial charge < -0.3 is 10.1 Å². The molecule has 2 nitrogen and oxygen atoms in total. The molecule has 3 heteroatoms. The van der Waals surface area contributed by atoms with Gasteiger partial charge in [0.05, 0.1) is 6.10 Å². The maximum absolute atomic E-state index is 5.42. The molecule has 0 aromatic carbocycles. The van der Waals surface area contributed by atoms with Crippen LogP contribution < -0.4 is 5.32 Å². The van der Waals surface area contributed by atoms with E-state index in [2.05, 4.69) is 11.6 Å². The van der Waals surface area contributed by atoms with Gasteiger partial charge in [-0.2, -0.15) is 11.8 Å². The SMILES string of the molecule is COC1CCC(NC2CCCC2SC)CC1. The van der Waals surface area contributed by atoms with E-state index in [1.165, 1.54) is 44.9 Å². The van der Waals surface area contributed by atoms with Crippen LogP contribution in [0.25, 0.3) is 0 Å². The summed E-state index contributed by atoms with van der Waals surface area (Å²) in [6.07, 6.45) is 12.1. The molecule has 0 spiro atoms. The normalized spacial score (nSPS) is 40.1. The van der Waals surface area contributed by atoms with E-state index in [9.17, 15) is 0 Å². The summed E-state index contributed by atoms with van der Waals surface area (Å²) in [5.41, 5.74) is 0. The Morgan fingerprint density at radius 2 is 1.81 bits per heavy atom. The van der Waals surface area contributed by atoms with Crippen LogP contribution in [-0.4, -0.2) is 36.8 Å². The van der Waals surface area contributed by atoms with Crippen molar-refractivity contribution in [1.29, 1.82) is 0 Å². The molecule has 0 heterocycles. The van der Waals surface area contributed by atoms with Crippen LogP contribution in [-0.2, 0) is 4.74 Å². The maximum atomic E-state index is 5.42. The first-order chi connectivity index (χ1) is 7.83. The Morgan fingerprint density at radius 1 is 1.06 bits per heavy atom. The van der Waals surface area contributed by atoms with E-state index < -0.39 is 0 Å². The van der Waals surface area contributed by atoms with Crippen LogP contribution in [0.3, 0.4) is 0 Å². The fraction of sp³-hybridized carbons (Fsp3) is 1.00. The van der Waals surface area contributed by atoms with Crippen LogP contribution in [0.4, 0.5) is 0 Å². The molecular weight excluding hydrogens is 218 g/mol. The van der Waals surface area contributed by atoms with Crippen molar-refractivity contribution >= 4 is 11.8 Å². The third-order valence-corrected chi connectivity index (χ3v) is 5.38. The first-order valence-corrected chi connectivity index (χ1v) is 7.94. The van der Waals surface area contributed by atoms with Crippen molar-refractivity contribution in [2.75, 3.05) is 13.4 Å². The highest BCUT2D eigenvalue weighted by atomic mass is 32.2. The maximum Gasteiger partial charge on any atom is 0.0572 e. The molecular formula is C13H25NOS. The molecule has 2 rings (SSSR count). The van der Waals surface area contributed by atoms with E-state index in [0.717, 1.165) is 17.3 Å². The average Bonchev–Trinajstić information content (AvgIpc) is 2.77. The summed E-state index contributed by atoms with van der Waals surface area (Å²) in [5.74, 6) is 0. The van der Waals surface area contributed by atoms with Gasteiger partial charge in [0.1, 0.15) is 0 Å². The van der Waals surface area contributed by atoms with Crippen molar-refractivity contribution in [1.82, 2.24) is 5.32 Å². The highest BCUT2D eigenvalue weighted by molar-refractivity contribution is 7.99. The van der Waals surface area contributed by atoms with Gasteiger partial charge in [-0.05, 0) is 44.8 Å². The summed E-state index contributed by atoms with van der Waals surface area (Å²) in [4.78, 5) is 0. The Hall–Kier alpha value is 0.270. The monoisotopic (exact) mass is 243 g/mol. The minimum atomic E-state index is 0.526. The molecule has 2 aliphatic rings. The van der Waals surface area contributed by atoms with Gasteiger partial charge in [-0.15, -0.1) is 0 Å². The number of nitrogens with one attached hydrogen (secondary N) is 1. The molecule has 1 N–H and O–H groups in total. The van der Waals surface area contributed by atoms with Crippen molar-refractivity contribution in [3.8, 4) is 0 Å². The smallest absolute Gasteiger partial charge is 0.0572 e. The first-order valence-electron chi connectivity index (χ1n) is 6.65. The van der Waals surface area contributed by atoms with E-state index in [0.29, 0.717) is 6.10 Å². The van der Waals surface area contributed by atoms with Gasteiger partial charge in [0.25, 0.3) is 0 Å². The summed E-state index contributed by atoms with van der Waals surface area (Å²) >= 11 is 2.05. The van der Waals surface area contributed by atoms with Crippen molar-refractivity contribution in [3.05, 3.63) is 0 Å². The number of hydrogen-bond acceptors (Lipinski definition) is 3. The Labute approximate surface area is 104 Å². The average molecular weight is 243 g/mol. The van der Waals surface area contributed by atoms with Gasteiger partial charge in [-0.1, -0.05) is 6.42 Å². The molecule has 16 heavy (non-hydrogen) atoms. The molecule has 2 unspecified atom stereocenters. The topological polar surface area (TPSA) is 21.3 Å². The van der Waals surface area contributed by atoms with Gasteiger partial charge >= 0.3 is 0 Å². The number of methoxy groups -OCH3 is 1. The second-order valence-electron chi connectivity index (χ2n) is 5.19. The van der Waals surface area contributed by atoms with Crippen LogP contribution >= 0.6 is 11.8 Å². The number of rotatable bonds is 4. The van der Waals surface area contributed by atoms with Gasteiger partial charge in [0, 0.05) is 24.4 Å². The predicted octanol–water partition coefficient (Wildman–Crippen LogP) is 2.82. The van der Waals surface area contributed by atoms with Crippen LogP contribution in [0, 0.1) is 0 Å². The van der Waals surface area contributed by atoms with E-state index in [-0.39, 0.29) is 0 Å². The third kappa shape index (κ3) is 3.14. The Balaban J connectivity index is 1.73. The molecule has 94 valence electrons. The zero-order chi connectivity index (χ0) is 11.4. The van der Waals surface area contributed by atoms with Gasteiger partial charge in [0.2, 0.25) is 0 Å². The zero-order valence-corrected chi connectivity index (χ0v) is 11.4. The lowest BCUT2D eigenvalue weighted by Gasteiger charge is -2.32. The van der Waals surface area contributed by atoms with Crippen molar-refractivity contribution in [2.24, 2.45) is 0 Å². The van der Waals surface area contributed by atoms with E-state index in [1.54, 1.807) is 0 Å². The van der Waals surface area contributed by atoms with E-state index in [1.807, 2.05) is 18.9 Å². The highest BCUT2D eigenvalue weighted by Crippen LogP contribution is 2.30. The minimum absolute atomic E-state index is 0.526. The number of ether oxygens (including phenoxy) is 1. The Morgan fingerprint density at radius 3 is 2.44 bits per heavy atom. The third-order valence-electron chi connectivity index (χ3n) is 4.21. The van der Waals surface area contributed by atoms with Crippen LogP contribution in [0.15, 0.2) is 0 Å². The van der Waals surface area contributed by atoms with Crippen LogP contribution in [0.2, 0.25) is 0 Å². The Kier molecular flexibility index (Phi) is 4.98. The summed E-state index contributed by atoms with van der Waals surface area (Å²) in [6.45, 7) is 0. The van der Waals surface area contributed by atoms with Crippen LogP contribution in [0.5, 0.6) is 0 Å². The summed E-state index contributed by atoms with van der Waals surface area (Å²) in [6, 6.07) is 1.53. The molecule has 0 aliphatic heterocycles. The molecule has 0 aromatic rings. The molecule has 2 fully saturated rings. The van der Waals surface area contributed by atoms with Gasteiger partial charge in [0.15, 0.2) is 0 Å². The summed E-state index contributed by atoms with van der Waals surface area (Å²) in [5, 5.41) is 4.75. The fourth-order valence-electron chi connectivity index (χ4n) is 3.17. The van der Waals surface area contributed by atoms with Crippen molar-refractivity contribution in [3.63, 3.8) is 0 Å². The van der Waals surface area contributed by atoms with E-state index >= 15 is 0 Å². The molecule has 0 bridgehead atoms. The number of thioether (sulfide) groups is 1. The molecule has 0 radical (unpaired) electrons. The molecule has 2 atom stereocenters. The lowest BCUT2D eigenvalue weighted by atomic mass is 9.92.